The fourth-order valence-electron chi connectivity index (χ4n) is 1.50. The maximum absolute atomic E-state index is 11.8. The van der Waals surface area contributed by atoms with Crippen molar-refractivity contribution in [2.24, 2.45) is 7.05 Å². The normalized spacial score (nSPS) is 10.5. The molecule has 2 aromatic rings. The van der Waals surface area contributed by atoms with Gasteiger partial charge in [-0.05, 0) is 18.2 Å². The highest BCUT2D eigenvalue weighted by atomic mass is 35.5. The highest BCUT2D eigenvalue weighted by Crippen LogP contribution is 2.31. The van der Waals surface area contributed by atoms with E-state index in [2.05, 4.69) is 0 Å². The molecule has 0 aliphatic heterocycles. The lowest BCUT2D eigenvalue weighted by Gasteiger charge is -2.05. The second-order valence-electron chi connectivity index (χ2n) is 3.43. The molecule has 0 aliphatic carbocycles. The summed E-state index contributed by atoms with van der Waals surface area (Å²) in [7, 11) is 1.51. The van der Waals surface area contributed by atoms with Crippen molar-refractivity contribution in [3.05, 3.63) is 44.6 Å². The van der Waals surface area contributed by atoms with Gasteiger partial charge in [0, 0.05) is 23.7 Å². The van der Waals surface area contributed by atoms with Gasteiger partial charge in [0.2, 0.25) is 0 Å². The average Bonchev–Trinajstić information content (AvgIpc) is 2.68. The first-order chi connectivity index (χ1) is 8.00. The van der Waals surface area contributed by atoms with Gasteiger partial charge in [-0.1, -0.05) is 11.6 Å². The Morgan fingerprint density at radius 3 is 2.65 bits per heavy atom. The summed E-state index contributed by atoms with van der Waals surface area (Å²) in [6, 6.07) is 4.98. The first kappa shape index (κ1) is 11.9. The van der Waals surface area contributed by atoms with E-state index < -0.39 is 11.5 Å². The number of aromatic carboxylic acids is 1. The molecule has 17 heavy (non-hydrogen) atoms. The van der Waals surface area contributed by atoms with Gasteiger partial charge in [-0.3, -0.25) is 4.79 Å². The molecule has 0 spiro atoms. The minimum Gasteiger partial charge on any atom is -0.477 e. The molecule has 2 heterocycles. The molecule has 6 heteroatoms. The number of nitrogens with zero attached hydrogens (tertiary/aromatic N) is 1. The van der Waals surface area contributed by atoms with Crippen LogP contribution in [0.1, 0.15) is 10.4 Å². The highest BCUT2D eigenvalue weighted by Gasteiger charge is 2.18. The van der Waals surface area contributed by atoms with Crippen LogP contribution in [0.15, 0.2) is 29.2 Å². The van der Waals surface area contributed by atoms with E-state index in [9.17, 15) is 9.59 Å². The molecule has 2 rings (SSSR count). The van der Waals surface area contributed by atoms with Crippen molar-refractivity contribution in [2.45, 2.75) is 0 Å². The van der Waals surface area contributed by atoms with Crippen LogP contribution in [0.3, 0.4) is 0 Å². The number of halogens is 1. The molecule has 0 atom stereocenters. The minimum absolute atomic E-state index is 0.228. The Bertz CT molecular complexity index is 644. The lowest BCUT2D eigenvalue weighted by molar-refractivity contribution is 0.0695. The maximum Gasteiger partial charge on any atom is 0.342 e. The number of rotatable bonds is 2. The number of carboxylic acid groups (broad SMARTS) is 1. The third-order valence-electron chi connectivity index (χ3n) is 2.32. The molecule has 0 bridgehead atoms. The Balaban J connectivity index is 2.74. The van der Waals surface area contributed by atoms with E-state index in [0.717, 1.165) is 0 Å². The van der Waals surface area contributed by atoms with Crippen LogP contribution in [0.2, 0.25) is 4.34 Å². The first-order valence-corrected chi connectivity index (χ1v) is 5.89. The lowest BCUT2D eigenvalue weighted by atomic mass is 10.1. The summed E-state index contributed by atoms with van der Waals surface area (Å²) < 4.78 is 1.79. The fraction of sp³-hybridized carbons (Fsp3) is 0.0909. The molecule has 0 radical (unpaired) electrons. The predicted octanol–water partition coefficient (Wildman–Crippen LogP) is 2.47. The summed E-state index contributed by atoms with van der Waals surface area (Å²) in [5, 5.41) is 9.10. The molecular weight excluding hydrogens is 262 g/mol. The van der Waals surface area contributed by atoms with E-state index in [-0.39, 0.29) is 5.56 Å². The van der Waals surface area contributed by atoms with Crippen LogP contribution in [0.4, 0.5) is 0 Å². The second kappa shape index (κ2) is 4.35. The average molecular weight is 270 g/mol. The van der Waals surface area contributed by atoms with Crippen molar-refractivity contribution in [1.29, 1.82) is 0 Å². The van der Waals surface area contributed by atoms with Crippen LogP contribution in [-0.4, -0.2) is 15.6 Å². The topological polar surface area (TPSA) is 59.3 Å². The van der Waals surface area contributed by atoms with Crippen molar-refractivity contribution in [1.82, 2.24) is 4.57 Å². The molecule has 0 saturated heterocycles. The SMILES string of the molecule is Cn1ccc(-c2ccc(Cl)s2)c(C(=O)O)c1=O. The van der Waals surface area contributed by atoms with E-state index >= 15 is 0 Å². The molecule has 0 amide bonds. The van der Waals surface area contributed by atoms with Gasteiger partial charge in [0.05, 0.1) is 4.34 Å². The van der Waals surface area contributed by atoms with Gasteiger partial charge >= 0.3 is 5.97 Å². The smallest absolute Gasteiger partial charge is 0.342 e. The van der Waals surface area contributed by atoms with E-state index in [1.807, 2.05) is 0 Å². The molecule has 88 valence electrons. The molecule has 0 unspecified atom stereocenters. The second-order valence-corrected chi connectivity index (χ2v) is 5.14. The molecule has 4 nitrogen and oxygen atoms in total. The van der Waals surface area contributed by atoms with Gasteiger partial charge in [-0.25, -0.2) is 4.79 Å². The number of pyridine rings is 1. The number of hydrogen-bond donors (Lipinski definition) is 1. The largest absolute Gasteiger partial charge is 0.477 e. The molecule has 0 fully saturated rings. The Morgan fingerprint density at radius 1 is 1.41 bits per heavy atom. The van der Waals surface area contributed by atoms with Crippen LogP contribution < -0.4 is 5.56 Å². The van der Waals surface area contributed by atoms with Gasteiger partial charge in [-0.15, -0.1) is 11.3 Å². The summed E-state index contributed by atoms with van der Waals surface area (Å²) in [6.07, 6.45) is 1.54. The molecule has 0 aromatic carbocycles. The molecular formula is C11H8ClNO3S. The summed E-state index contributed by atoms with van der Waals surface area (Å²) in [6.45, 7) is 0. The lowest BCUT2D eigenvalue weighted by Crippen LogP contribution is -2.24. The maximum atomic E-state index is 11.8. The molecule has 1 N–H and O–H groups in total. The summed E-state index contributed by atoms with van der Waals surface area (Å²) in [5.41, 5.74) is -0.356. The summed E-state index contributed by atoms with van der Waals surface area (Å²) in [4.78, 5) is 23.6. The van der Waals surface area contributed by atoms with Crippen molar-refractivity contribution in [3.63, 3.8) is 0 Å². The number of carbonyl (C=O) groups is 1. The summed E-state index contributed by atoms with van der Waals surface area (Å²) in [5.74, 6) is -1.23. The Morgan fingerprint density at radius 2 is 2.12 bits per heavy atom. The van der Waals surface area contributed by atoms with Crippen LogP contribution in [-0.2, 0) is 7.05 Å². The van der Waals surface area contributed by atoms with Crippen LogP contribution in [0.5, 0.6) is 0 Å². The van der Waals surface area contributed by atoms with E-state index in [4.69, 9.17) is 16.7 Å². The fourth-order valence-corrected chi connectivity index (χ4v) is 2.57. The van der Waals surface area contributed by atoms with Gasteiger partial charge in [0.25, 0.3) is 5.56 Å². The predicted molar refractivity (Wildman–Crippen MR) is 67.0 cm³/mol. The standard InChI is InChI=1S/C11H8ClNO3S/c1-13-5-4-6(7-2-3-8(12)17-7)9(10(13)14)11(15)16/h2-5H,1H3,(H,15,16). The van der Waals surface area contributed by atoms with Gasteiger partial charge < -0.3 is 9.67 Å². The molecule has 2 aromatic heterocycles. The number of thiophene rings is 1. The summed E-state index contributed by atoms with van der Waals surface area (Å²) >= 11 is 7.04. The third-order valence-corrected chi connectivity index (χ3v) is 3.59. The monoisotopic (exact) mass is 269 g/mol. The van der Waals surface area contributed by atoms with Crippen LogP contribution in [0, 0.1) is 0 Å². The number of hydrogen-bond acceptors (Lipinski definition) is 3. The number of aromatic nitrogens is 1. The zero-order valence-electron chi connectivity index (χ0n) is 8.81. The molecule has 0 aliphatic rings. The van der Waals surface area contributed by atoms with E-state index in [1.54, 1.807) is 18.2 Å². The zero-order chi connectivity index (χ0) is 12.6. The zero-order valence-corrected chi connectivity index (χ0v) is 10.4. The van der Waals surface area contributed by atoms with Gasteiger partial charge in [-0.2, -0.15) is 0 Å². The van der Waals surface area contributed by atoms with Gasteiger partial charge in [0.15, 0.2) is 0 Å². The minimum atomic E-state index is -1.23. The Labute approximate surface area is 106 Å². The van der Waals surface area contributed by atoms with Gasteiger partial charge in [0.1, 0.15) is 5.56 Å². The van der Waals surface area contributed by atoms with Crippen molar-refractivity contribution in [2.75, 3.05) is 0 Å². The third kappa shape index (κ3) is 2.11. The number of carboxylic acids is 1. The Kier molecular flexibility index (Phi) is 3.04. The highest BCUT2D eigenvalue weighted by molar-refractivity contribution is 7.19. The molecule has 0 saturated carbocycles. The van der Waals surface area contributed by atoms with E-state index in [1.165, 1.54) is 29.1 Å². The Hall–Kier alpha value is -1.59. The van der Waals surface area contributed by atoms with Crippen LogP contribution in [0.25, 0.3) is 10.4 Å². The van der Waals surface area contributed by atoms with Crippen molar-refractivity contribution >= 4 is 28.9 Å². The quantitative estimate of drug-likeness (QED) is 0.911. The van der Waals surface area contributed by atoms with Crippen molar-refractivity contribution < 1.29 is 9.90 Å². The van der Waals surface area contributed by atoms with Crippen LogP contribution >= 0.6 is 22.9 Å². The first-order valence-electron chi connectivity index (χ1n) is 4.69. The van der Waals surface area contributed by atoms with E-state index in [0.29, 0.717) is 14.8 Å². The van der Waals surface area contributed by atoms with Crippen molar-refractivity contribution in [3.8, 4) is 10.4 Å². The number of aryl methyl sites for hydroxylation is 1.